The molecule has 0 aliphatic rings. The monoisotopic (exact) mass is 390 g/mol. The van der Waals surface area contributed by atoms with Crippen LogP contribution in [0.4, 0.5) is 5.69 Å². The van der Waals surface area contributed by atoms with Gasteiger partial charge in [0.2, 0.25) is 5.91 Å². The maximum Gasteiger partial charge on any atom is 0.271 e. The van der Waals surface area contributed by atoms with Gasteiger partial charge in [-0.15, -0.1) is 0 Å². The Hall–Kier alpha value is -3.13. The molecule has 0 aliphatic heterocycles. The lowest BCUT2D eigenvalue weighted by molar-refractivity contribution is -0.115. The first kappa shape index (κ1) is 20.2. The van der Waals surface area contributed by atoms with Gasteiger partial charge in [0, 0.05) is 35.8 Å². The highest BCUT2D eigenvalue weighted by atomic mass is 35.5. The van der Waals surface area contributed by atoms with E-state index in [1.807, 2.05) is 0 Å². The number of methoxy groups -OCH3 is 2. The van der Waals surface area contributed by atoms with Crippen LogP contribution >= 0.6 is 11.6 Å². The van der Waals surface area contributed by atoms with Crippen LogP contribution in [0.25, 0.3) is 0 Å². The molecule has 0 aliphatic carbocycles. The molecular formula is C18H19ClN4O4. The number of hydrazone groups is 1. The van der Waals surface area contributed by atoms with Gasteiger partial charge in [-0.3, -0.25) is 14.6 Å². The first-order valence-electron chi connectivity index (χ1n) is 7.89. The number of amides is 2. The Morgan fingerprint density at radius 1 is 1.15 bits per heavy atom. The summed E-state index contributed by atoms with van der Waals surface area (Å²) in [4.78, 5) is 28.0. The van der Waals surface area contributed by atoms with Crippen molar-refractivity contribution in [1.29, 1.82) is 0 Å². The Bertz CT molecular complexity index is 856. The van der Waals surface area contributed by atoms with Crippen molar-refractivity contribution in [1.82, 2.24) is 10.4 Å². The summed E-state index contributed by atoms with van der Waals surface area (Å²) in [6.45, 7) is 1.63. The zero-order valence-electron chi connectivity index (χ0n) is 15.1. The first-order chi connectivity index (χ1) is 12.9. The van der Waals surface area contributed by atoms with Crippen LogP contribution in [0.2, 0.25) is 5.02 Å². The number of aromatic nitrogens is 1. The SMILES string of the molecule is COc1cc(NC(=O)C/C(C)=N/NC(=O)c2ccncc2)c(OC)cc1Cl. The minimum atomic E-state index is -0.388. The molecule has 0 saturated heterocycles. The van der Waals surface area contributed by atoms with Crippen molar-refractivity contribution in [2.45, 2.75) is 13.3 Å². The van der Waals surface area contributed by atoms with E-state index in [0.717, 1.165) is 0 Å². The lowest BCUT2D eigenvalue weighted by atomic mass is 10.2. The minimum absolute atomic E-state index is 0.0231. The fourth-order valence-corrected chi connectivity index (χ4v) is 2.37. The summed E-state index contributed by atoms with van der Waals surface area (Å²) < 4.78 is 10.4. The van der Waals surface area contributed by atoms with Gasteiger partial charge in [-0.05, 0) is 19.1 Å². The van der Waals surface area contributed by atoms with Crippen molar-refractivity contribution in [3.63, 3.8) is 0 Å². The van der Waals surface area contributed by atoms with E-state index in [1.54, 1.807) is 31.2 Å². The van der Waals surface area contributed by atoms with E-state index in [4.69, 9.17) is 21.1 Å². The smallest absolute Gasteiger partial charge is 0.271 e. The predicted molar refractivity (Wildman–Crippen MR) is 103 cm³/mol. The number of benzene rings is 1. The number of nitrogens with zero attached hydrogens (tertiary/aromatic N) is 2. The molecular weight excluding hydrogens is 372 g/mol. The van der Waals surface area contributed by atoms with Crippen molar-refractivity contribution >= 4 is 34.8 Å². The summed E-state index contributed by atoms with van der Waals surface area (Å²) in [6.07, 6.45) is 2.99. The summed E-state index contributed by atoms with van der Waals surface area (Å²) in [7, 11) is 2.94. The molecule has 142 valence electrons. The average Bonchev–Trinajstić information content (AvgIpc) is 2.67. The molecule has 9 heteroatoms. The second-order valence-corrected chi connectivity index (χ2v) is 5.84. The highest BCUT2D eigenvalue weighted by Crippen LogP contribution is 2.35. The molecule has 0 saturated carbocycles. The van der Waals surface area contributed by atoms with Gasteiger partial charge in [0.25, 0.3) is 5.91 Å². The number of pyridine rings is 1. The minimum Gasteiger partial charge on any atom is -0.495 e. The van der Waals surface area contributed by atoms with Crippen LogP contribution < -0.4 is 20.2 Å². The third-order valence-electron chi connectivity index (χ3n) is 3.46. The lowest BCUT2D eigenvalue weighted by Crippen LogP contribution is -2.21. The molecule has 1 aromatic heterocycles. The standard InChI is InChI=1S/C18H19ClN4O4/c1-11(22-23-18(25)12-4-6-20-7-5-12)8-17(24)21-14-10-15(26-2)13(19)9-16(14)27-3/h4-7,9-10H,8H2,1-3H3,(H,21,24)(H,23,25)/b22-11+. The highest BCUT2D eigenvalue weighted by Gasteiger charge is 2.13. The molecule has 8 nitrogen and oxygen atoms in total. The molecule has 2 N–H and O–H groups in total. The van der Waals surface area contributed by atoms with E-state index < -0.39 is 0 Å². The van der Waals surface area contributed by atoms with Crippen LogP contribution in [0.1, 0.15) is 23.7 Å². The van der Waals surface area contributed by atoms with Crippen LogP contribution in [-0.2, 0) is 4.79 Å². The van der Waals surface area contributed by atoms with Gasteiger partial charge in [0.15, 0.2) is 0 Å². The molecule has 0 radical (unpaired) electrons. The molecule has 0 bridgehead atoms. The zero-order valence-corrected chi connectivity index (χ0v) is 15.8. The van der Waals surface area contributed by atoms with E-state index in [2.05, 4.69) is 20.8 Å². The number of ether oxygens (including phenoxy) is 2. The zero-order chi connectivity index (χ0) is 19.8. The van der Waals surface area contributed by atoms with Gasteiger partial charge in [-0.2, -0.15) is 5.10 Å². The summed E-state index contributed by atoms with van der Waals surface area (Å²) in [5, 5.41) is 7.01. The summed E-state index contributed by atoms with van der Waals surface area (Å²) >= 11 is 6.04. The van der Waals surface area contributed by atoms with Crippen LogP contribution in [0, 0.1) is 0 Å². The molecule has 27 heavy (non-hydrogen) atoms. The largest absolute Gasteiger partial charge is 0.495 e. The van der Waals surface area contributed by atoms with Gasteiger partial charge in [-0.25, -0.2) is 5.43 Å². The average molecular weight is 391 g/mol. The molecule has 2 rings (SSSR count). The second kappa shape index (κ2) is 9.54. The topological polar surface area (TPSA) is 102 Å². The van der Waals surface area contributed by atoms with E-state index >= 15 is 0 Å². The number of carbonyl (C=O) groups excluding carboxylic acids is 2. The number of halogens is 1. The third-order valence-corrected chi connectivity index (χ3v) is 3.75. The van der Waals surface area contributed by atoms with E-state index in [1.165, 1.54) is 26.6 Å². The van der Waals surface area contributed by atoms with Crippen LogP contribution in [-0.4, -0.2) is 36.7 Å². The molecule has 2 aromatic rings. The van der Waals surface area contributed by atoms with Gasteiger partial charge < -0.3 is 14.8 Å². The quantitative estimate of drug-likeness (QED) is 0.559. The van der Waals surface area contributed by atoms with Crippen molar-refractivity contribution in [3.8, 4) is 11.5 Å². The molecule has 0 unspecified atom stereocenters. The molecule has 1 aromatic carbocycles. The van der Waals surface area contributed by atoms with Crippen molar-refractivity contribution in [2.24, 2.45) is 5.10 Å². The maximum absolute atomic E-state index is 12.2. The number of anilines is 1. The van der Waals surface area contributed by atoms with Crippen molar-refractivity contribution in [2.75, 3.05) is 19.5 Å². The van der Waals surface area contributed by atoms with E-state index in [-0.39, 0.29) is 18.2 Å². The Balaban J connectivity index is 1.99. The van der Waals surface area contributed by atoms with Gasteiger partial charge in [0.1, 0.15) is 11.5 Å². The van der Waals surface area contributed by atoms with Gasteiger partial charge in [0.05, 0.1) is 31.4 Å². The Morgan fingerprint density at radius 2 is 1.81 bits per heavy atom. The van der Waals surface area contributed by atoms with Gasteiger partial charge in [-0.1, -0.05) is 11.6 Å². The number of hydrogen-bond donors (Lipinski definition) is 2. The van der Waals surface area contributed by atoms with E-state index in [0.29, 0.717) is 33.5 Å². The molecule has 1 heterocycles. The Morgan fingerprint density at radius 3 is 2.44 bits per heavy atom. The fourth-order valence-electron chi connectivity index (χ4n) is 2.14. The molecule has 0 atom stereocenters. The lowest BCUT2D eigenvalue weighted by Gasteiger charge is -2.13. The molecule has 0 spiro atoms. The van der Waals surface area contributed by atoms with Crippen LogP contribution in [0.15, 0.2) is 41.8 Å². The maximum atomic E-state index is 12.2. The molecule has 2 amide bonds. The summed E-state index contributed by atoms with van der Waals surface area (Å²) in [5.74, 6) is 0.0795. The molecule has 0 fully saturated rings. The Labute approximate surface area is 161 Å². The number of carbonyl (C=O) groups is 2. The third kappa shape index (κ3) is 5.68. The highest BCUT2D eigenvalue weighted by molar-refractivity contribution is 6.32. The predicted octanol–water partition coefficient (Wildman–Crippen LogP) is 2.89. The normalized spacial score (nSPS) is 10.9. The summed E-state index contributed by atoms with van der Waals surface area (Å²) in [6, 6.07) is 6.24. The van der Waals surface area contributed by atoms with Crippen molar-refractivity contribution < 1.29 is 19.1 Å². The first-order valence-corrected chi connectivity index (χ1v) is 8.27. The second-order valence-electron chi connectivity index (χ2n) is 5.44. The number of nitrogens with one attached hydrogen (secondary N) is 2. The Kier molecular flexibility index (Phi) is 7.13. The summed E-state index contributed by atoms with van der Waals surface area (Å²) in [5.41, 5.74) is 3.66. The van der Waals surface area contributed by atoms with Crippen LogP contribution in [0.3, 0.4) is 0 Å². The van der Waals surface area contributed by atoms with E-state index in [9.17, 15) is 9.59 Å². The van der Waals surface area contributed by atoms with Gasteiger partial charge >= 0.3 is 0 Å². The number of hydrogen-bond acceptors (Lipinski definition) is 6. The fraction of sp³-hybridized carbons (Fsp3) is 0.222. The van der Waals surface area contributed by atoms with Crippen molar-refractivity contribution in [3.05, 3.63) is 47.2 Å². The van der Waals surface area contributed by atoms with Crippen LogP contribution in [0.5, 0.6) is 11.5 Å². The number of rotatable bonds is 7.